The molecule has 7 nitrogen and oxygen atoms in total. The number of aromatic nitrogens is 4. The largest absolute Gasteiger partial charge is 0.491 e. The Balaban J connectivity index is 1.72. The van der Waals surface area contributed by atoms with Gasteiger partial charge in [-0.15, -0.1) is 0 Å². The van der Waals surface area contributed by atoms with E-state index < -0.39 is 6.10 Å². The number of hydrogen-bond donors (Lipinski definition) is 1. The predicted octanol–water partition coefficient (Wildman–Crippen LogP) is 0.878. The lowest BCUT2D eigenvalue weighted by Gasteiger charge is -2.13. The van der Waals surface area contributed by atoms with E-state index in [2.05, 4.69) is 10.2 Å². The first-order valence-electron chi connectivity index (χ1n) is 7.30. The van der Waals surface area contributed by atoms with Gasteiger partial charge in [0.15, 0.2) is 0 Å². The summed E-state index contributed by atoms with van der Waals surface area (Å²) in [6.45, 7) is 2.27. The number of aryl methyl sites for hydroxylation is 2. The highest BCUT2D eigenvalue weighted by molar-refractivity contribution is 5.76. The van der Waals surface area contributed by atoms with E-state index in [0.29, 0.717) is 16.7 Å². The lowest BCUT2D eigenvalue weighted by molar-refractivity contribution is 0.0904. The zero-order chi connectivity index (χ0) is 16.4. The van der Waals surface area contributed by atoms with Crippen LogP contribution in [0.3, 0.4) is 0 Å². The third-order valence-corrected chi connectivity index (χ3v) is 3.55. The SMILES string of the molecule is Cc1cccc(OCC(O)Cn2ncc3cnn(C)c(=O)c32)c1. The van der Waals surface area contributed by atoms with Gasteiger partial charge in [-0.3, -0.25) is 9.48 Å². The minimum atomic E-state index is -0.781. The molecule has 0 amide bonds. The van der Waals surface area contributed by atoms with Crippen molar-refractivity contribution in [2.45, 2.75) is 19.6 Å². The van der Waals surface area contributed by atoms with Crippen molar-refractivity contribution >= 4 is 10.9 Å². The summed E-state index contributed by atoms with van der Waals surface area (Å²) in [5.41, 5.74) is 1.27. The molecular formula is C16H18N4O3. The Labute approximate surface area is 132 Å². The molecule has 120 valence electrons. The number of fused-ring (bicyclic) bond motifs is 1. The molecule has 3 aromatic rings. The topological polar surface area (TPSA) is 82.2 Å². The lowest BCUT2D eigenvalue weighted by atomic mass is 10.2. The van der Waals surface area contributed by atoms with Gasteiger partial charge in [-0.2, -0.15) is 10.2 Å². The molecule has 0 saturated carbocycles. The second kappa shape index (κ2) is 6.21. The van der Waals surface area contributed by atoms with E-state index in [1.165, 1.54) is 9.36 Å². The van der Waals surface area contributed by atoms with Crippen LogP contribution in [0.25, 0.3) is 10.9 Å². The molecule has 2 aromatic heterocycles. The molecule has 1 N–H and O–H groups in total. The van der Waals surface area contributed by atoms with Gasteiger partial charge in [0, 0.05) is 12.4 Å². The molecule has 0 aliphatic heterocycles. The highest BCUT2D eigenvalue weighted by Crippen LogP contribution is 2.13. The van der Waals surface area contributed by atoms with Crippen LogP contribution in [-0.4, -0.2) is 37.4 Å². The number of hydrogen-bond acceptors (Lipinski definition) is 5. The molecule has 0 aliphatic rings. The molecule has 1 unspecified atom stereocenters. The zero-order valence-electron chi connectivity index (χ0n) is 13.0. The highest BCUT2D eigenvalue weighted by Gasteiger charge is 2.13. The maximum absolute atomic E-state index is 12.1. The van der Waals surface area contributed by atoms with Gasteiger partial charge < -0.3 is 9.84 Å². The maximum Gasteiger partial charge on any atom is 0.292 e. The second-order valence-electron chi connectivity index (χ2n) is 5.49. The van der Waals surface area contributed by atoms with Gasteiger partial charge in [-0.05, 0) is 24.6 Å². The Morgan fingerprint density at radius 2 is 2.09 bits per heavy atom. The van der Waals surface area contributed by atoms with Crippen molar-refractivity contribution in [3.05, 3.63) is 52.6 Å². The zero-order valence-corrected chi connectivity index (χ0v) is 13.0. The van der Waals surface area contributed by atoms with Gasteiger partial charge in [-0.1, -0.05) is 12.1 Å². The summed E-state index contributed by atoms with van der Waals surface area (Å²) in [5.74, 6) is 0.703. The summed E-state index contributed by atoms with van der Waals surface area (Å²) in [4.78, 5) is 12.1. The van der Waals surface area contributed by atoms with Crippen molar-refractivity contribution in [2.75, 3.05) is 6.61 Å². The highest BCUT2D eigenvalue weighted by atomic mass is 16.5. The molecule has 0 spiro atoms. The van der Waals surface area contributed by atoms with Gasteiger partial charge in [0.1, 0.15) is 24.0 Å². The Hall–Kier alpha value is -2.67. The third-order valence-electron chi connectivity index (χ3n) is 3.55. The molecular weight excluding hydrogens is 296 g/mol. The fourth-order valence-electron chi connectivity index (χ4n) is 2.37. The van der Waals surface area contributed by atoms with E-state index >= 15 is 0 Å². The average molecular weight is 314 g/mol. The molecule has 0 saturated heterocycles. The van der Waals surface area contributed by atoms with Crippen LogP contribution in [0.4, 0.5) is 0 Å². The molecule has 2 heterocycles. The fourth-order valence-corrected chi connectivity index (χ4v) is 2.37. The molecule has 7 heteroatoms. The standard InChI is InChI=1S/C16H18N4O3/c1-11-4-3-5-14(6-11)23-10-13(21)9-20-15-12(8-18-20)7-17-19(2)16(15)22/h3-8,13,21H,9-10H2,1-2H3. The monoisotopic (exact) mass is 314 g/mol. The molecule has 0 radical (unpaired) electrons. The van der Waals surface area contributed by atoms with Crippen molar-refractivity contribution in [3.8, 4) is 5.75 Å². The Morgan fingerprint density at radius 3 is 2.87 bits per heavy atom. The van der Waals surface area contributed by atoms with Gasteiger partial charge in [0.25, 0.3) is 5.56 Å². The summed E-state index contributed by atoms with van der Waals surface area (Å²) < 4.78 is 8.31. The van der Waals surface area contributed by atoms with Crippen molar-refractivity contribution in [2.24, 2.45) is 7.05 Å². The molecule has 0 aliphatic carbocycles. The Bertz CT molecular complexity index is 884. The Kier molecular flexibility index (Phi) is 4.12. The van der Waals surface area contributed by atoms with E-state index in [1.807, 2.05) is 31.2 Å². The van der Waals surface area contributed by atoms with Crippen LogP contribution >= 0.6 is 0 Å². The quantitative estimate of drug-likeness (QED) is 0.756. The van der Waals surface area contributed by atoms with E-state index in [1.54, 1.807) is 19.4 Å². The molecule has 23 heavy (non-hydrogen) atoms. The average Bonchev–Trinajstić information content (AvgIpc) is 2.93. The maximum atomic E-state index is 12.1. The second-order valence-corrected chi connectivity index (χ2v) is 5.49. The minimum Gasteiger partial charge on any atom is -0.491 e. The number of ether oxygens (including phenoxy) is 1. The minimum absolute atomic E-state index is 0.121. The summed E-state index contributed by atoms with van der Waals surface area (Å²) in [6, 6.07) is 7.61. The number of rotatable bonds is 5. The van der Waals surface area contributed by atoms with Crippen LogP contribution in [0, 0.1) is 6.92 Å². The van der Waals surface area contributed by atoms with Gasteiger partial charge >= 0.3 is 0 Å². The third kappa shape index (κ3) is 3.24. The smallest absolute Gasteiger partial charge is 0.292 e. The van der Waals surface area contributed by atoms with Gasteiger partial charge in [0.2, 0.25) is 0 Å². The normalized spacial score (nSPS) is 12.5. The first kappa shape index (κ1) is 15.2. The number of benzene rings is 1. The van der Waals surface area contributed by atoms with Crippen molar-refractivity contribution in [1.82, 2.24) is 19.6 Å². The fraction of sp³-hybridized carbons (Fsp3) is 0.312. The van der Waals surface area contributed by atoms with E-state index in [9.17, 15) is 9.90 Å². The summed E-state index contributed by atoms with van der Waals surface area (Å²) >= 11 is 0. The number of aliphatic hydroxyl groups is 1. The molecule has 0 bridgehead atoms. The van der Waals surface area contributed by atoms with E-state index in [4.69, 9.17) is 4.74 Å². The first-order chi connectivity index (χ1) is 11.0. The van der Waals surface area contributed by atoms with Gasteiger partial charge in [-0.25, -0.2) is 4.68 Å². The summed E-state index contributed by atoms with van der Waals surface area (Å²) in [6.07, 6.45) is 2.37. The molecule has 1 aromatic carbocycles. The van der Waals surface area contributed by atoms with Crippen LogP contribution in [0.1, 0.15) is 5.56 Å². The first-order valence-corrected chi connectivity index (χ1v) is 7.30. The van der Waals surface area contributed by atoms with Crippen LogP contribution < -0.4 is 10.3 Å². The van der Waals surface area contributed by atoms with Crippen molar-refractivity contribution in [1.29, 1.82) is 0 Å². The molecule has 0 fully saturated rings. The van der Waals surface area contributed by atoms with Crippen LogP contribution in [0.5, 0.6) is 5.75 Å². The van der Waals surface area contributed by atoms with Crippen molar-refractivity contribution in [3.63, 3.8) is 0 Å². The van der Waals surface area contributed by atoms with E-state index in [-0.39, 0.29) is 18.7 Å². The lowest BCUT2D eigenvalue weighted by Crippen LogP contribution is -2.27. The molecule has 3 rings (SSSR count). The summed E-state index contributed by atoms with van der Waals surface area (Å²) in [7, 11) is 1.58. The van der Waals surface area contributed by atoms with Crippen LogP contribution in [0.2, 0.25) is 0 Å². The predicted molar refractivity (Wildman–Crippen MR) is 85.4 cm³/mol. The summed E-state index contributed by atoms with van der Waals surface area (Å²) in [5, 5.41) is 18.9. The van der Waals surface area contributed by atoms with Crippen molar-refractivity contribution < 1.29 is 9.84 Å². The van der Waals surface area contributed by atoms with E-state index in [0.717, 1.165) is 5.56 Å². The van der Waals surface area contributed by atoms with Gasteiger partial charge in [0.05, 0.1) is 18.9 Å². The number of nitrogens with zero attached hydrogens (tertiary/aromatic N) is 4. The molecule has 1 atom stereocenters. The van der Waals surface area contributed by atoms with Crippen LogP contribution in [0.15, 0.2) is 41.5 Å². The van der Waals surface area contributed by atoms with Crippen LogP contribution in [-0.2, 0) is 13.6 Å². The number of aliphatic hydroxyl groups excluding tert-OH is 1. The Morgan fingerprint density at radius 1 is 1.30 bits per heavy atom.